The predicted octanol–water partition coefficient (Wildman–Crippen LogP) is 3.46. The van der Waals surface area contributed by atoms with Gasteiger partial charge < -0.3 is 14.0 Å². The molecule has 0 N–H and O–H groups in total. The van der Waals surface area contributed by atoms with Crippen LogP contribution in [0.25, 0.3) is 27.4 Å². The Morgan fingerprint density at radius 3 is 2.91 bits per heavy atom. The molecule has 0 fully saturated rings. The standard InChI is InChI=1S/C15H16N4O3/c1-3-22-15(20)13(17-18-16)8-11-9-19(10-21-2)14-7-5-4-6-12(11)14/h4-9H,3,10H2,1-2H3/b13-8-. The Morgan fingerprint density at radius 2 is 2.23 bits per heavy atom. The van der Waals surface area contributed by atoms with Gasteiger partial charge in [0.1, 0.15) is 12.4 Å². The molecule has 1 heterocycles. The number of carbonyl (C=O) groups excluding carboxylic acids is 1. The van der Waals surface area contributed by atoms with Gasteiger partial charge in [-0.1, -0.05) is 23.3 Å². The number of nitrogens with zero attached hydrogens (tertiary/aromatic N) is 4. The zero-order valence-corrected chi connectivity index (χ0v) is 12.4. The summed E-state index contributed by atoms with van der Waals surface area (Å²) in [4.78, 5) is 14.5. The van der Waals surface area contributed by atoms with E-state index in [-0.39, 0.29) is 12.3 Å². The van der Waals surface area contributed by atoms with Gasteiger partial charge in [0.05, 0.1) is 12.1 Å². The molecule has 0 saturated heterocycles. The van der Waals surface area contributed by atoms with Gasteiger partial charge in [-0.2, -0.15) is 0 Å². The van der Waals surface area contributed by atoms with Crippen LogP contribution in [0.1, 0.15) is 12.5 Å². The van der Waals surface area contributed by atoms with Crippen molar-refractivity contribution in [3.05, 3.63) is 52.2 Å². The Morgan fingerprint density at radius 1 is 1.45 bits per heavy atom. The fourth-order valence-electron chi connectivity index (χ4n) is 2.17. The van der Waals surface area contributed by atoms with E-state index in [1.807, 2.05) is 35.0 Å². The molecule has 0 amide bonds. The number of ether oxygens (including phenoxy) is 2. The van der Waals surface area contributed by atoms with E-state index in [0.717, 1.165) is 16.5 Å². The number of hydrogen-bond donors (Lipinski definition) is 0. The molecule has 0 aliphatic rings. The third kappa shape index (κ3) is 3.28. The van der Waals surface area contributed by atoms with Crippen molar-refractivity contribution in [1.29, 1.82) is 0 Å². The van der Waals surface area contributed by atoms with E-state index < -0.39 is 5.97 Å². The molecule has 0 spiro atoms. The third-order valence-corrected chi connectivity index (χ3v) is 3.02. The van der Waals surface area contributed by atoms with E-state index in [1.165, 1.54) is 6.08 Å². The largest absolute Gasteiger partial charge is 0.462 e. The second-order valence-electron chi connectivity index (χ2n) is 4.43. The number of carbonyl (C=O) groups is 1. The van der Waals surface area contributed by atoms with E-state index >= 15 is 0 Å². The molecule has 0 aliphatic carbocycles. The molecular formula is C15H16N4O3. The molecular weight excluding hydrogens is 284 g/mol. The van der Waals surface area contributed by atoms with Crippen molar-refractivity contribution in [2.24, 2.45) is 5.11 Å². The highest BCUT2D eigenvalue weighted by Crippen LogP contribution is 2.24. The van der Waals surface area contributed by atoms with Gasteiger partial charge in [-0.25, -0.2) is 4.79 Å². The summed E-state index contributed by atoms with van der Waals surface area (Å²) in [6, 6.07) is 7.69. The minimum atomic E-state index is -0.649. The minimum absolute atomic E-state index is 0.0790. The monoisotopic (exact) mass is 300 g/mol. The van der Waals surface area contributed by atoms with Gasteiger partial charge >= 0.3 is 5.97 Å². The molecule has 22 heavy (non-hydrogen) atoms. The number of methoxy groups -OCH3 is 1. The summed E-state index contributed by atoms with van der Waals surface area (Å²) in [5.41, 5.74) is 10.3. The van der Waals surface area contributed by atoms with Crippen LogP contribution >= 0.6 is 0 Å². The van der Waals surface area contributed by atoms with Crippen LogP contribution in [-0.4, -0.2) is 24.3 Å². The average molecular weight is 300 g/mol. The van der Waals surface area contributed by atoms with Crippen molar-refractivity contribution in [2.45, 2.75) is 13.7 Å². The summed E-state index contributed by atoms with van der Waals surface area (Å²) in [5, 5.41) is 4.35. The first-order valence-electron chi connectivity index (χ1n) is 6.72. The number of hydrogen-bond acceptors (Lipinski definition) is 4. The highest BCUT2D eigenvalue weighted by molar-refractivity contribution is 5.97. The molecule has 0 atom stereocenters. The Balaban J connectivity index is 2.54. The number of aromatic nitrogens is 1. The molecule has 2 aromatic rings. The fourth-order valence-corrected chi connectivity index (χ4v) is 2.17. The summed E-state index contributed by atoms with van der Waals surface area (Å²) >= 11 is 0. The normalized spacial score (nSPS) is 11.3. The zero-order chi connectivity index (χ0) is 15.9. The van der Waals surface area contributed by atoms with Crippen LogP contribution in [0.4, 0.5) is 0 Å². The van der Waals surface area contributed by atoms with Gasteiger partial charge in [0.25, 0.3) is 0 Å². The molecule has 0 radical (unpaired) electrons. The summed E-state index contributed by atoms with van der Waals surface area (Å²) in [7, 11) is 1.61. The molecule has 1 aromatic carbocycles. The number of benzene rings is 1. The van der Waals surface area contributed by atoms with Crippen LogP contribution in [0.15, 0.2) is 41.3 Å². The lowest BCUT2D eigenvalue weighted by molar-refractivity contribution is -0.138. The van der Waals surface area contributed by atoms with Gasteiger partial charge in [-0.3, -0.25) is 0 Å². The number of rotatable bonds is 6. The lowest BCUT2D eigenvalue weighted by Crippen LogP contribution is -2.05. The number of para-hydroxylation sites is 1. The van der Waals surface area contributed by atoms with Crippen LogP contribution in [0.3, 0.4) is 0 Å². The molecule has 0 saturated carbocycles. The summed E-state index contributed by atoms with van der Waals surface area (Å²) in [6.07, 6.45) is 3.35. The van der Waals surface area contributed by atoms with Gasteiger partial charge in [0.15, 0.2) is 0 Å². The summed E-state index contributed by atoms with van der Waals surface area (Å²) < 4.78 is 12.0. The highest BCUT2D eigenvalue weighted by atomic mass is 16.5. The van der Waals surface area contributed by atoms with Crippen LogP contribution in [0.2, 0.25) is 0 Å². The third-order valence-electron chi connectivity index (χ3n) is 3.02. The van der Waals surface area contributed by atoms with Crippen LogP contribution < -0.4 is 0 Å². The van der Waals surface area contributed by atoms with Gasteiger partial charge in [0, 0.05) is 29.2 Å². The zero-order valence-electron chi connectivity index (χ0n) is 12.4. The molecule has 114 valence electrons. The topological polar surface area (TPSA) is 89.2 Å². The van der Waals surface area contributed by atoms with Gasteiger partial charge in [-0.15, -0.1) is 0 Å². The predicted molar refractivity (Wildman–Crippen MR) is 82.7 cm³/mol. The Kier molecular flexibility index (Phi) is 5.19. The second-order valence-corrected chi connectivity index (χ2v) is 4.43. The lowest BCUT2D eigenvalue weighted by Gasteiger charge is -2.01. The molecule has 0 bridgehead atoms. The van der Waals surface area contributed by atoms with Crippen molar-refractivity contribution < 1.29 is 14.3 Å². The fraction of sp³-hybridized carbons (Fsp3) is 0.267. The Hall–Kier alpha value is -2.76. The van der Waals surface area contributed by atoms with E-state index in [0.29, 0.717) is 6.73 Å². The van der Waals surface area contributed by atoms with Crippen molar-refractivity contribution in [2.75, 3.05) is 13.7 Å². The maximum absolute atomic E-state index is 11.8. The number of esters is 1. The first kappa shape index (κ1) is 15.6. The first-order chi connectivity index (χ1) is 10.7. The molecule has 0 aliphatic heterocycles. The quantitative estimate of drug-likeness (QED) is 0.269. The lowest BCUT2D eigenvalue weighted by atomic mass is 10.1. The smallest absolute Gasteiger partial charge is 0.340 e. The highest BCUT2D eigenvalue weighted by Gasteiger charge is 2.12. The van der Waals surface area contributed by atoms with Gasteiger partial charge in [-0.05, 0) is 24.6 Å². The van der Waals surface area contributed by atoms with Crippen molar-refractivity contribution in [1.82, 2.24) is 4.57 Å². The SMILES string of the molecule is CCOC(=O)/C(=C/c1cn(COC)c2ccccc12)N=[N+]=[N-]. The molecule has 7 nitrogen and oxygen atoms in total. The minimum Gasteiger partial charge on any atom is -0.462 e. The Bertz CT molecular complexity index is 757. The van der Waals surface area contributed by atoms with Crippen LogP contribution in [0.5, 0.6) is 0 Å². The van der Waals surface area contributed by atoms with Crippen molar-refractivity contribution in [3.8, 4) is 0 Å². The molecule has 2 rings (SSSR count). The first-order valence-corrected chi connectivity index (χ1v) is 6.72. The average Bonchev–Trinajstić information content (AvgIpc) is 2.86. The van der Waals surface area contributed by atoms with Crippen LogP contribution in [-0.2, 0) is 21.0 Å². The maximum atomic E-state index is 11.8. The summed E-state index contributed by atoms with van der Waals surface area (Å²) in [5.74, 6) is -0.649. The second kappa shape index (κ2) is 7.31. The molecule has 0 unspecified atom stereocenters. The van der Waals surface area contributed by atoms with E-state index in [4.69, 9.17) is 15.0 Å². The van der Waals surface area contributed by atoms with Crippen molar-refractivity contribution >= 4 is 22.9 Å². The number of fused-ring (bicyclic) bond motifs is 1. The maximum Gasteiger partial charge on any atom is 0.340 e. The molecule has 7 heteroatoms. The Labute approximate surface area is 127 Å². The van der Waals surface area contributed by atoms with Crippen molar-refractivity contribution in [3.63, 3.8) is 0 Å². The van der Waals surface area contributed by atoms with E-state index in [2.05, 4.69) is 10.0 Å². The summed E-state index contributed by atoms with van der Waals surface area (Å²) in [6.45, 7) is 2.28. The number of azide groups is 1. The van der Waals surface area contributed by atoms with E-state index in [9.17, 15) is 4.79 Å². The van der Waals surface area contributed by atoms with E-state index in [1.54, 1.807) is 14.0 Å². The molecule has 1 aromatic heterocycles. The van der Waals surface area contributed by atoms with Gasteiger partial charge in [0.2, 0.25) is 0 Å². The van der Waals surface area contributed by atoms with Crippen LogP contribution in [0, 0.1) is 0 Å².